The van der Waals surface area contributed by atoms with Crippen LogP contribution < -0.4 is 20.7 Å². The molecule has 0 unspecified atom stereocenters. The van der Waals surface area contributed by atoms with Gasteiger partial charge in [0.2, 0.25) is 5.91 Å². The molecule has 0 bridgehead atoms. The summed E-state index contributed by atoms with van der Waals surface area (Å²) in [5.41, 5.74) is 0.918. The van der Waals surface area contributed by atoms with Gasteiger partial charge < -0.3 is 30.3 Å². The van der Waals surface area contributed by atoms with E-state index in [2.05, 4.69) is 16.0 Å². The first-order valence-electron chi connectivity index (χ1n) is 10.9. The predicted octanol–water partition coefficient (Wildman–Crippen LogP) is 2.12. The number of fused-ring (bicyclic) bond motifs is 2. The van der Waals surface area contributed by atoms with Crippen molar-refractivity contribution in [3.63, 3.8) is 0 Å². The fourth-order valence-electron chi connectivity index (χ4n) is 3.98. The van der Waals surface area contributed by atoms with E-state index in [-0.39, 0.29) is 42.7 Å². The second-order valence-electron chi connectivity index (χ2n) is 7.92. The van der Waals surface area contributed by atoms with Crippen LogP contribution in [-0.2, 0) is 9.53 Å². The summed E-state index contributed by atoms with van der Waals surface area (Å²) >= 11 is 0. The number of hydrogen-bond donors (Lipinski definition) is 3. The van der Waals surface area contributed by atoms with Crippen molar-refractivity contribution in [1.82, 2.24) is 15.5 Å². The lowest BCUT2D eigenvalue weighted by atomic mass is 9.94. The maximum atomic E-state index is 13.2. The number of urea groups is 1. The molecule has 9 heteroatoms. The molecule has 2 aliphatic heterocycles. The molecule has 9 nitrogen and oxygen atoms in total. The highest BCUT2D eigenvalue weighted by Crippen LogP contribution is 2.32. The van der Waals surface area contributed by atoms with Crippen molar-refractivity contribution < 1.29 is 23.9 Å². The Balaban J connectivity index is 1.71. The minimum Gasteiger partial charge on any atom is -0.490 e. The third kappa shape index (κ3) is 5.66. The molecule has 31 heavy (non-hydrogen) atoms. The van der Waals surface area contributed by atoms with Gasteiger partial charge in [0.1, 0.15) is 18.5 Å². The third-order valence-electron chi connectivity index (χ3n) is 5.59. The smallest absolute Gasteiger partial charge is 0.319 e. The van der Waals surface area contributed by atoms with Gasteiger partial charge in [0, 0.05) is 25.8 Å². The first-order valence-corrected chi connectivity index (χ1v) is 10.9. The number of likely N-dealkylation sites (N-methyl/N-ethyl adjacent to an activating group) is 1. The molecular formula is C22H32N4O5. The molecule has 3 atom stereocenters. The van der Waals surface area contributed by atoms with Crippen LogP contribution in [0.5, 0.6) is 5.75 Å². The molecule has 1 aromatic rings. The number of ether oxygens (including phenoxy) is 2. The number of rotatable bonds is 6. The zero-order valence-electron chi connectivity index (χ0n) is 18.4. The molecule has 0 aromatic heterocycles. The van der Waals surface area contributed by atoms with Gasteiger partial charge in [-0.15, -0.1) is 0 Å². The van der Waals surface area contributed by atoms with Crippen LogP contribution in [0, 0.1) is 0 Å². The van der Waals surface area contributed by atoms with Crippen LogP contribution in [0.4, 0.5) is 10.5 Å². The van der Waals surface area contributed by atoms with E-state index in [0.717, 1.165) is 12.8 Å². The highest BCUT2D eigenvalue weighted by Gasteiger charge is 2.39. The SMILES string of the molecule is CCCNC(=O)C[C@@H]1CC[C@@H]2[C@H](COc3ccc(NC(=O)NCC)cc3C(=O)N2C)O1. The highest BCUT2D eigenvalue weighted by atomic mass is 16.5. The first-order chi connectivity index (χ1) is 14.9. The monoisotopic (exact) mass is 432 g/mol. The van der Waals surface area contributed by atoms with Crippen molar-refractivity contribution in [2.75, 3.05) is 32.1 Å². The molecule has 0 radical (unpaired) electrons. The Morgan fingerprint density at radius 1 is 1.19 bits per heavy atom. The third-order valence-corrected chi connectivity index (χ3v) is 5.59. The zero-order chi connectivity index (χ0) is 22.4. The zero-order valence-corrected chi connectivity index (χ0v) is 18.4. The van der Waals surface area contributed by atoms with Gasteiger partial charge in [0.25, 0.3) is 5.91 Å². The lowest BCUT2D eigenvalue weighted by Gasteiger charge is -2.42. The minimum atomic E-state index is -0.329. The Morgan fingerprint density at radius 2 is 2.00 bits per heavy atom. The maximum Gasteiger partial charge on any atom is 0.319 e. The molecule has 1 fully saturated rings. The van der Waals surface area contributed by atoms with Gasteiger partial charge >= 0.3 is 6.03 Å². The Hall–Kier alpha value is -2.81. The fourth-order valence-corrected chi connectivity index (χ4v) is 3.98. The average molecular weight is 433 g/mol. The molecule has 0 saturated carbocycles. The summed E-state index contributed by atoms with van der Waals surface area (Å²) < 4.78 is 12.1. The van der Waals surface area contributed by atoms with Gasteiger partial charge in [-0.2, -0.15) is 0 Å². The lowest BCUT2D eigenvalue weighted by Crippen LogP contribution is -2.54. The Morgan fingerprint density at radius 3 is 2.74 bits per heavy atom. The van der Waals surface area contributed by atoms with Crippen molar-refractivity contribution in [3.8, 4) is 5.75 Å². The summed E-state index contributed by atoms with van der Waals surface area (Å²) in [6, 6.07) is 4.54. The number of carbonyl (C=O) groups excluding carboxylic acids is 3. The summed E-state index contributed by atoms with van der Waals surface area (Å²) in [7, 11) is 1.76. The number of amides is 4. The van der Waals surface area contributed by atoms with E-state index in [1.165, 1.54) is 0 Å². The Kier molecular flexibility index (Phi) is 7.73. The van der Waals surface area contributed by atoms with Gasteiger partial charge in [0.05, 0.1) is 24.1 Å². The van der Waals surface area contributed by atoms with E-state index in [0.29, 0.717) is 42.9 Å². The average Bonchev–Trinajstić information content (AvgIpc) is 2.75. The van der Waals surface area contributed by atoms with Crippen molar-refractivity contribution in [1.29, 1.82) is 0 Å². The summed E-state index contributed by atoms with van der Waals surface area (Å²) in [6.45, 7) is 5.29. The molecule has 3 N–H and O–H groups in total. The van der Waals surface area contributed by atoms with Crippen LogP contribution in [0.1, 0.15) is 49.9 Å². The summed E-state index contributed by atoms with van der Waals surface area (Å²) in [6.07, 6.45) is 2.13. The predicted molar refractivity (Wildman–Crippen MR) is 116 cm³/mol. The molecule has 0 aliphatic carbocycles. The van der Waals surface area contributed by atoms with Crippen LogP contribution in [0.25, 0.3) is 0 Å². The first kappa shape index (κ1) is 22.9. The fraction of sp³-hybridized carbons (Fsp3) is 0.591. The quantitative estimate of drug-likeness (QED) is 0.638. The van der Waals surface area contributed by atoms with Gasteiger partial charge in [-0.25, -0.2) is 4.79 Å². The van der Waals surface area contributed by atoms with E-state index in [1.54, 1.807) is 30.1 Å². The van der Waals surface area contributed by atoms with Crippen molar-refractivity contribution >= 4 is 23.5 Å². The molecule has 0 spiro atoms. The van der Waals surface area contributed by atoms with Crippen molar-refractivity contribution in [3.05, 3.63) is 23.8 Å². The number of benzene rings is 1. The number of hydrogen-bond acceptors (Lipinski definition) is 5. The minimum absolute atomic E-state index is 0.0148. The molecule has 1 aromatic carbocycles. The molecular weight excluding hydrogens is 400 g/mol. The Bertz CT molecular complexity index is 815. The van der Waals surface area contributed by atoms with Gasteiger partial charge in [-0.1, -0.05) is 6.92 Å². The normalized spacial score (nSPS) is 22.9. The van der Waals surface area contributed by atoms with E-state index in [1.807, 2.05) is 13.8 Å². The standard InChI is InChI=1S/C22H32N4O5/c1-4-10-24-20(27)12-15-7-8-17-19(31-15)13-30-18-9-6-14(25-22(29)23-5-2)11-16(18)21(28)26(17)3/h6,9,11,15,17,19H,4-5,7-8,10,12-13H2,1-3H3,(H,24,27)(H2,23,25,29)/t15-,17+,19-/m0/s1. The van der Waals surface area contributed by atoms with Crippen LogP contribution in [0.2, 0.25) is 0 Å². The van der Waals surface area contributed by atoms with Crippen molar-refractivity contribution in [2.45, 2.75) is 57.8 Å². The molecule has 3 rings (SSSR count). The van der Waals surface area contributed by atoms with E-state index in [9.17, 15) is 14.4 Å². The van der Waals surface area contributed by atoms with E-state index >= 15 is 0 Å². The number of nitrogens with one attached hydrogen (secondary N) is 3. The second kappa shape index (κ2) is 10.5. The van der Waals surface area contributed by atoms with Crippen LogP contribution in [0.3, 0.4) is 0 Å². The number of anilines is 1. The summed E-state index contributed by atoms with van der Waals surface area (Å²) in [4.78, 5) is 38.7. The Labute approximate surface area is 182 Å². The number of carbonyl (C=O) groups is 3. The van der Waals surface area contributed by atoms with Crippen LogP contribution in [0.15, 0.2) is 18.2 Å². The topological polar surface area (TPSA) is 109 Å². The van der Waals surface area contributed by atoms with E-state index in [4.69, 9.17) is 9.47 Å². The largest absolute Gasteiger partial charge is 0.490 e. The van der Waals surface area contributed by atoms with Crippen molar-refractivity contribution in [2.24, 2.45) is 0 Å². The van der Waals surface area contributed by atoms with E-state index < -0.39 is 0 Å². The van der Waals surface area contributed by atoms with Crippen LogP contribution in [-0.4, -0.2) is 67.7 Å². The van der Waals surface area contributed by atoms with Gasteiger partial charge in [-0.05, 0) is 44.4 Å². The summed E-state index contributed by atoms with van der Waals surface area (Å²) in [5.74, 6) is 0.245. The molecule has 2 heterocycles. The lowest BCUT2D eigenvalue weighted by molar-refractivity contribution is -0.134. The summed E-state index contributed by atoms with van der Waals surface area (Å²) in [5, 5.41) is 8.26. The number of nitrogens with zero attached hydrogens (tertiary/aromatic N) is 1. The second-order valence-corrected chi connectivity index (χ2v) is 7.92. The molecule has 4 amide bonds. The molecule has 170 valence electrons. The van der Waals surface area contributed by atoms with Gasteiger partial charge in [0.15, 0.2) is 0 Å². The highest BCUT2D eigenvalue weighted by molar-refractivity contribution is 5.99. The van der Waals surface area contributed by atoms with Crippen LogP contribution >= 0.6 is 0 Å². The molecule has 1 saturated heterocycles. The van der Waals surface area contributed by atoms with Gasteiger partial charge in [-0.3, -0.25) is 9.59 Å². The molecule has 2 aliphatic rings. The maximum absolute atomic E-state index is 13.2.